The van der Waals surface area contributed by atoms with E-state index in [0.717, 1.165) is 11.1 Å². The van der Waals surface area contributed by atoms with Crippen LogP contribution >= 0.6 is 0 Å². The Balaban J connectivity index is 1.80. The molecule has 1 heterocycles. The van der Waals surface area contributed by atoms with Crippen molar-refractivity contribution in [2.24, 2.45) is 0 Å². The van der Waals surface area contributed by atoms with Crippen molar-refractivity contribution in [3.8, 4) is 0 Å². The van der Waals surface area contributed by atoms with Gasteiger partial charge in [0.2, 0.25) is 6.10 Å². The molecule has 2 atom stereocenters. The van der Waals surface area contributed by atoms with E-state index in [2.05, 4.69) is 5.32 Å². The highest BCUT2D eigenvalue weighted by Gasteiger charge is 2.31. The lowest BCUT2D eigenvalue weighted by molar-refractivity contribution is -0.177. The molecule has 6 nitrogen and oxygen atoms in total. The van der Waals surface area contributed by atoms with Crippen LogP contribution in [0.4, 0.5) is 5.69 Å². The fourth-order valence-electron chi connectivity index (χ4n) is 2.79. The summed E-state index contributed by atoms with van der Waals surface area (Å²) in [5, 5.41) is 2.87. The SMILES string of the molecule is Cc1ccc(C)c(NC(=O)C(OC(=O)C2COCCO2)c2ccccc2)c1. The van der Waals surface area contributed by atoms with Crippen molar-refractivity contribution >= 4 is 17.6 Å². The lowest BCUT2D eigenvalue weighted by Gasteiger charge is -2.24. The smallest absolute Gasteiger partial charge is 0.338 e. The van der Waals surface area contributed by atoms with Crippen molar-refractivity contribution in [1.29, 1.82) is 0 Å². The Bertz CT molecular complexity index is 799. The van der Waals surface area contributed by atoms with Crippen LogP contribution in [0, 0.1) is 13.8 Å². The first-order valence-electron chi connectivity index (χ1n) is 8.87. The maximum atomic E-state index is 12.9. The number of rotatable bonds is 5. The van der Waals surface area contributed by atoms with Crippen LogP contribution < -0.4 is 5.32 Å². The van der Waals surface area contributed by atoms with E-state index in [9.17, 15) is 9.59 Å². The van der Waals surface area contributed by atoms with Gasteiger partial charge in [-0.1, -0.05) is 42.5 Å². The molecule has 1 aliphatic heterocycles. The summed E-state index contributed by atoms with van der Waals surface area (Å²) in [7, 11) is 0. The van der Waals surface area contributed by atoms with Crippen molar-refractivity contribution in [1.82, 2.24) is 0 Å². The minimum Gasteiger partial charge on any atom is -0.445 e. The van der Waals surface area contributed by atoms with E-state index in [1.807, 2.05) is 38.1 Å². The molecule has 3 rings (SSSR count). The molecular formula is C21H23NO5. The predicted octanol–water partition coefficient (Wildman–Crippen LogP) is 2.94. The van der Waals surface area contributed by atoms with Gasteiger partial charge in [-0.3, -0.25) is 4.79 Å². The number of amides is 1. The Hall–Kier alpha value is -2.70. The van der Waals surface area contributed by atoms with Crippen molar-refractivity contribution < 1.29 is 23.8 Å². The van der Waals surface area contributed by atoms with E-state index in [4.69, 9.17) is 14.2 Å². The highest BCUT2D eigenvalue weighted by molar-refractivity contribution is 5.97. The molecule has 0 saturated carbocycles. The molecular weight excluding hydrogens is 346 g/mol. The Morgan fingerprint density at radius 1 is 1.11 bits per heavy atom. The normalized spacial score (nSPS) is 17.8. The molecule has 1 fully saturated rings. The largest absolute Gasteiger partial charge is 0.445 e. The van der Waals surface area contributed by atoms with Crippen LogP contribution in [-0.2, 0) is 23.8 Å². The van der Waals surface area contributed by atoms with Crippen LogP contribution in [0.2, 0.25) is 0 Å². The average Bonchev–Trinajstić information content (AvgIpc) is 2.70. The Labute approximate surface area is 158 Å². The molecule has 0 bridgehead atoms. The summed E-state index contributed by atoms with van der Waals surface area (Å²) in [6.45, 7) is 4.75. The van der Waals surface area contributed by atoms with Crippen LogP contribution in [0.3, 0.4) is 0 Å². The second-order valence-electron chi connectivity index (χ2n) is 6.47. The van der Waals surface area contributed by atoms with Crippen LogP contribution in [0.1, 0.15) is 22.8 Å². The van der Waals surface area contributed by atoms with Crippen LogP contribution in [0.25, 0.3) is 0 Å². The van der Waals surface area contributed by atoms with E-state index in [0.29, 0.717) is 24.5 Å². The Morgan fingerprint density at radius 3 is 2.59 bits per heavy atom. The first-order chi connectivity index (χ1) is 13.0. The van der Waals surface area contributed by atoms with Gasteiger partial charge in [-0.05, 0) is 31.0 Å². The fourth-order valence-corrected chi connectivity index (χ4v) is 2.79. The number of aryl methyl sites for hydroxylation is 2. The Morgan fingerprint density at radius 2 is 1.89 bits per heavy atom. The standard InChI is InChI=1S/C21H23NO5/c1-14-8-9-15(2)17(12-14)22-20(23)19(16-6-4-3-5-7-16)27-21(24)18-13-25-10-11-26-18/h3-9,12,18-19H,10-11,13H2,1-2H3,(H,22,23). The maximum Gasteiger partial charge on any atom is 0.338 e. The summed E-state index contributed by atoms with van der Waals surface area (Å²) in [5.74, 6) is -1.03. The maximum absolute atomic E-state index is 12.9. The van der Waals surface area contributed by atoms with Crippen molar-refractivity contribution in [3.05, 3.63) is 65.2 Å². The summed E-state index contributed by atoms with van der Waals surface area (Å²) in [6, 6.07) is 14.7. The van der Waals surface area contributed by atoms with E-state index >= 15 is 0 Å². The number of hydrogen-bond acceptors (Lipinski definition) is 5. The molecule has 0 spiro atoms. The molecule has 0 aliphatic carbocycles. The van der Waals surface area contributed by atoms with Gasteiger partial charge in [0.05, 0.1) is 19.8 Å². The lowest BCUT2D eigenvalue weighted by atomic mass is 10.1. The summed E-state index contributed by atoms with van der Waals surface area (Å²) in [4.78, 5) is 25.4. The van der Waals surface area contributed by atoms with Gasteiger partial charge < -0.3 is 19.5 Å². The number of ether oxygens (including phenoxy) is 3. The third kappa shape index (κ3) is 4.93. The van der Waals surface area contributed by atoms with Gasteiger partial charge in [-0.2, -0.15) is 0 Å². The number of carbonyl (C=O) groups excluding carboxylic acids is 2. The third-order valence-corrected chi connectivity index (χ3v) is 4.30. The second-order valence-corrected chi connectivity index (χ2v) is 6.47. The van der Waals surface area contributed by atoms with Gasteiger partial charge in [-0.15, -0.1) is 0 Å². The molecule has 1 N–H and O–H groups in total. The zero-order chi connectivity index (χ0) is 19.2. The quantitative estimate of drug-likeness (QED) is 0.821. The number of carbonyl (C=O) groups is 2. The number of anilines is 1. The highest BCUT2D eigenvalue weighted by Crippen LogP contribution is 2.23. The zero-order valence-corrected chi connectivity index (χ0v) is 15.4. The second kappa shape index (κ2) is 8.79. The summed E-state index contributed by atoms with van der Waals surface area (Å²) in [6.07, 6.45) is -1.90. The minimum atomic E-state index is -1.08. The monoisotopic (exact) mass is 369 g/mol. The molecule has 2 aromatic carbocycles. The molecule has 2 aromatic rings. The summed E-state index contributed by atoms with van der Waals surface area (Å²) < 4.78 is 16.2. The van der Waals surface area contributed by atoms with Crippen molar-refractivity contribution in [3.63, 3.8) is 0 Å². The zero-order valence-electron chi connectivity index (χ0n) is 15.4. The molecule has 2 unspecified atom stereocenters. The molecule has 1 saturated heterocycles. The average molecular weight is 369 g/mol. The van der Waals surface area contributed by atoms with Gasteiger partial charge >= 0.3 is 5.97 Å². The topological polar surface area (TPSA) is 73.9 Å². The van der Waals surface area contributed by atoms with Gasteiger partial charge in [0.25, 0.3) is 5.91 Å². The number of benzene rings is 2. The predicted molar refractivity (Wildman–Crippen MR) is 100 cm³/mol. The van der Waals surface area contributed by atoms with Gasteiger partial charge in [0, 0.05) is 11.3 Å². The molecule has 1 amide bonds. The van der Waals surface area contributed by atoms with E-state index < -0.39 is 24.1 Å². The van der Waals surface area contributed by atoms with Crippen molar-refractivity contribution in [2.45, 2.75) is 26.1 Å². The summed E-state index contributed by atoms with van der Waals surface area (Å²) >= 11 is 0. The summed E-state index contributed by atoms with van der Waals surface area (Å²) in [5.41, 5.74) is 3.23. The first kappa shape index (κ1) is 19.1. The number of esters is 1. The van der Waals surface area contributed by atoms with E-state index in [-0.39, 0.29) is 6.61 Å². The van der Waals surface area contributed by atoms with Crippen molar-refractivity contribution in [2.75, 3.05) is 25.1 Å². The molecule has 0 radical (unpaired) electrons. The molecule has 6 heteroatoms. The fraction of sp³-hybridized carbons (Fsp3) is 0.333. The molecule has 142 valence electrons. The van der Waals surface area contributed by atoms with Gasteiger partial charge in [0.1, 0.15) is 0 Å². The number of hydrogen-bond donors (Lipinski definition) is 1. The van der Waals surface area contributed by atoms with Crippen LogP contribution in [-0.4, -0.2) is 37.8 Å². The van der Waals surface area contributed by atoms with E-state index in [1.54, 1.807) is 24.3 Å². The van der Waals surface area contributed by atoms with Gasteiger partial charge in [-0.25, -0.2) is 4.79 Å². The third-order valence-electron chi connectivity index (χ3n) is 4.30. The van der Waals surface area contributed by atoms with Crippen LogP contribution in [0.5, 0.6) is 0 Å². The lowest BCUT2D eigenvalue weighted by Crippen LogP contribution is -2.38. The Kier molecular flexibility index (Phi) is 6.21. The number of nitrogens with one attached hydrogen (secondary N) is 1. The molecule has 0 aromatic heterocycles. The highest BCUT2D eigenvalue weighted by atomic mass is 16.6. The first-order valence-corrected chi connectivity index (χ1v) is 8.87. The molecule has 1 aliphatic rings. The minimum absolute atomic E-state index is 0.124. The molecule has 27 heavy (non-hydrogen) atoms. The van der Waals surface area contributed by atoms with Crippen LogP contribution in [0.15, 0.2) is 48.5 Å². The van der Waals surface area contributed by atoms with Gasteiger partial charge in [0.15, 0.2) is 6.10 Å². The van der Waals surface area contributed by atoms with E-state index in [1.165, 1.54) is 0 Å².